The number of nitrogens with zero attached hydrogens (tertiary/aromatic N) is 2. The van der Waals surface area contributed by atoms with Gasteiger partial charge in [0, 0.05) is 39.2 Å². The van der Waals surface area contributed by atoms with Gasteiger partial charge in [0.2, 0.25) is 0 Å². The van der Waals surface area contributed by atoms with Crippen molar-refractivity contribution < 1.29 is 14.3 Å². The zero-order valence-corrected chi connectivity index (χ0v) is 17.7. The molecule has 31 heavy (non-hydrogen) atoms. The Morgan fingerprint density at radius 1 is 1.10 bits per heavy atom. The molecule has 0 unspecified atom stereocenters. The lowest BCUT2D eigenvalue weighted by atomic mass is 10.2. The molecule has 0 atom stereocenters. The molecule has 0 aliphatic carbocycles. The predicted octanol–water partition coefficient (Wildman–Crippen LogP) is 2.17. The van der Waals surface area contributed by atoms with Crippen LogP contribution in [0.1, 0.15) is 24.2 Å². The minimum absolute atomic E-state index is 0.135. The molecule has 3 rings (SSSR count). The van der Waals surface area contributed by atoms with Gasteiger partial charge in [-0.1, -0.05) is 24.3 Å². The smallest absolute Gasteiger partial charge is 0.306 e. The van der Waals surface area contributed by atoms with Gasteiger partial charge in [0.1, 0.15) is 5.82 Å². The number of aromatic nitrogens is 2. The second kappa shape index (κ2) is 10.4. The summed E-state index contributed by atoms with van der Waals surface area (Å²) in [4.78, 5) is 45.0. The van der Waals surface area contributed by atoms with Crippen molar-refractivity contribution in [1.82, 2.24) is 15.3 Å². The zero-order valence-electron chi connectivity index (χ0n) is 17.7. The molecule has 162 valence electrons. The van der Waals surface area contributed by atoms with Crippen molar-refractivity contribution in [2.45, 2.75) is 25.8 Å². The van der Waals surface area contributed by atoms with Gasteiger partial charge >= 0.3 is 5.97 Å². The fourth-order valence-electron chi connectivity index (χ4n) is 3.04. The maximum Gasteiger partial charge on any atom is 0.306 e. The number of aromatic amines is 1. The molecule has 0 saturated carbocycles. The van der Waals surface area contributed by atoms with Crippen LogP contribution in [-0.4, -0.2) is 42.5 Å². The number of H-pyrrole nitrogens is 1. The Balaban J connectivity index is 1.37. The Morgan fingerprint density at radius 2 is 1.84 bits per heavy atom. The Kier molecular flexibility index (Phi) is 7.37. The molecule has 8 heteroatoms. The van der Waals surface area contributed by atoms with E-state index in [4.69, 9.17) is 4.74 Å². The summed E-state index contributed by atoms with van der Waals surface area (Å²) in [6, 6.07) is 14.9. The first-order valence-corrected chi connectivity index (χ1v) is 10.1. The highest BCUT2D eigenvalue weighted by Crippen LogP contribution is 2.12. The first-order valence-electron chi connectivity index (χ1n) is 10.1. The maximum absolute atomic E-state index is 12.1. The maximum atomic E-state index is 12.1. The summed E-state index contributed by atoms with van der Waals surface area (Å²) in [7, 11) is 3.92. The van der Waals surface area contributed by atoms with Gasteiger partial charge in [-0.15, -0.1) is 0 Å². The number of fused-ring (bicyclic) bond motifs is 1. The molecule has 0 radical (unpaired) electrons. The summed E-state index contributed by atoms with van der Waals surface area (Å²) in [5, 5.41) is 3.26. The van der Waals surface area contributed by atoms with Gasteiger partial charge < -0.3 is 19.9 Å². The molecular weight excluding hydrogens is 396 g/mol. The summed E-state index contributed by atoms with van der Waals surface area (Å²) in [5.74, 6) is -0.297. The van der Waals surface area contributed by atoms with E-state index in [0.29, 0.717) is 36.1 Å². The molecule has 0 spiro atoms. The van der Waals surface area contributed by atoms with Gasteiger partial charge in [0.05, 0.1) is 10.9 Å². The fraction of sp³-hybridized carbons (Fsp3) is 0.304. The summed E-state index contributed by atoms with van der Waals surface area (Å²) in [6.07, 6.45) is 1.03. The van der Waals surface area contributed by atoms with Crippen LogP contribution in [0.4, 0.5) is 5.69 Å². The number of ether oxygens (including phenoxy) is 1. The minimum atomic E-state index is -0.464. The van der Waals surface area contributed by atoms with E-state index in [1.807, 2.05) is 49.3 Å². The van der Waals surface area contributed by atoms with Crippen LogP contribution < -0.4 is 15.8 Å². The number of carbonyl (C=O) groups excluding carboxylic acids is 2. The van der Waals surface area contributed by atoms with Gasteiger partial charge in [0.25, 0.3) is 11.5 Å². The standard InChI is InChI=1S/C23H26N4O4/c1-27(2)17-12-10-16(11-13-17)14-24-21(28)15-31-22(29)9-5-8-20-25-19-7-4-3-6-18(19)23(30)26-20/h3-4,6-7,10-13H,5,8-9,14-15H2,1-2H3,(H,24,28)(H,25,26,30). The molecule has 3 aromatic rings. The molecular formula is C23H26N4O4. The Hall–Kier alpha value is -3.68. The first-order chi connectivity index (χ1) is 14.9. The highest BCUT2D eigenvalue weighted by atomic mass is 16.5. The van der Waals surface area contributed by atoms with Crippen molar-refractivity contribution >= 4 is 28.5 Å². The van der Waals surface area contributed by atoms with Crippen LogP contribution in [0.2, 0.25) is 0 Å². The number of esters is 1. The van der Waals surface area contributed by atoms with Gasteiger partial charge in [-0.25, -0.2) is 4.98 Å². The lowest BCUT2D eigenvalue weighted by Crippen LogP contribution is -2.28. The number of aryl methyl sites for hydroxylation is 1. The van der Waals surface area contributed by atoms with E-state index in [2.05, 4.69) is 15.3 Å². The van der Waals surface area contributed by atoms with Crippen molar-refractivity contribution in [3.63, 3.8) is 0 Å². The molecule has 0 aliphatic rings. The van der Waals surface area contributed by atoms with Gasteiger partial charge in [-0.3, -0.25) is 14.4 Å². The third kappa shape index (κ3) is 6.40. The van der Waals surface area contributed by atoms with Crippen LogP contribution in [0.3, 0.4) is 0 Å². The number of rotatable bonds is 9. The molecule has 1 heterocycles. The number of anilines is 1. The highest BCUT2D eigenvalue weighted by molar-refractivity contribution is 5.80. The molecule has 0 saturated heterocycles. The van der Waals surface area contributed by atoms with Crippen LogP contribution in [-0.2, 0) is 27.3 Å². The number of hydrogen-bond acceptors (Lipinski definition) is 6. The average molecular weight is 422 g/mol. The van der Waals surface area contributed by atoms with E-state index >= 15 is 0 Å². The Morgan fingerprint density at radius 3 is 2.58 bits per heavy atom. The normalized spacial score (nSPS) is 10.6. The first kappa shape index (κ1) is 22.0. The van der Waals surface area contributed by atoms with Crippen LogP contribution in [0.15, 0.2) is 53.3 Å². The SMILES string of the molecule is CN(C)c1ccc(CNC(=O)COC(=O)CCCc2nc3ccccc3c(=O)[nH]2)cc1. The molecule has 0 aliphatic heterocycles. The molecule has 0 fully saturated rings. The Labute approximate surface area is 180 Å². The lowest BCUT2D eigenvalue weighted by molar-refractivity contribution is -0.148. The largest absolute Gasteiger partial charge is 0.456 e. The van der Waals surface area contributed by atoms with Crippen molar-refractivity contribution in [3.05, 3.63) is 70.3 Å². The Bertz CT molecular complexity index is 1110. The van der Waals surface area contributed by atoms with E-state index in [9.17, 15) is 14.4 Å². The second-order valence-electron chi connectivity index (χ2n) is 7.38. The summed E-state index contributed by atoms with van der Waals surface area (Å²) in [6.45, 7) is 0.0464. The molecule has 1 amide bonds. The van der Waals surface area contributed by atoms with Crippen molar-refractivity contribution in [1.29, 1.82) is 0 Å². The zero-order chi connectivity index (χ0) is 22.2. The predicted molar refractivity (Wildman–Crippen MR) is 119 cm³/mol. The van der Waals surface area contributed by atoms with E-state index in [-0.39, 0.29) is 24.5 Å². The number of amides is 1. The van der Waals surface area contributed by atoms with Crippen molar-refractivity contribution in [3.8, 4) is 0 Å². The highest BCUT2D eigenvalue weighted by Gasteiger charge is 2.09. The number of nitrogens with one attached hydrogen (secondary N) is 2. The van der Waals surface area contributed by atoms with E-state index < -0.39 is 5.97 Å². The van der Waals surface area contributed by atoms with E-state index in [0.717, 1.165) is 11.3 Å². The number of benzene rings is 2. The van der Waals surface area contributed by atoms with Crippen LogP contribution >= 0.6 is 0 Å². The quantitative estimate of drug-likeness (QED) is 0.512. The molecule has 0 bridgehead atoms. The number of carbonyl (C=O) groups is 2. The molecule has 8 nitrogen and oxygen atoms in total. The third-order valence-electron chi connectivity index (χ3n) is 4.76. The third-order valence-corrected chi connectivity index (χ3v) is 4.76. The molecule has 2 N–H and O–H groups in total. The number of hydrogen-bond donors (Lipinski definition) is 2. The van der Waals surface area contributed by atoms with Gasteiger partial charge in [0.15, 0.2) is 6.61 Å². The summed E-state index contributed by atoms with van der Waals surface area (Å²) in [5.41, 5.74) is 2.46. The molecule has 1 aromatic heterocycles. The number of para-hydroxylation sites is 1. The minimum Gasteiger partial charge on any atom is -0.456 e. The summed E-state index contributed by atoms with van der Waals surface area (Å²) < 4.78 is 5.02. The van der Waals surface area contributed by atoms with Crippen molar-refractivity contribution in [2.24, 2.45) is 0 Å². The monoisotopic (exact) mass is 422 g/mol. The lowest BCUT2D eigenvalue weighted by Gasteiger charge is -2.13. The average Bonchev–Trinajstić information content (AvgIpc) is 2.76. The van der Waals surface area contributed by atoms with Gasteiger partial charge in [-0.2, -0.15) is 0 Å². The second-order valence-corrected chi connectivity index (χ2v) is 7.38. The van der Waals surface area contributed by atoms with Crippen molar-refractivity contribution in [2.75, 3.05) is 25.6 Å². The molecule has 2 aromatic carbocycles. The fourth-order valence-corrected chi connectivity index (χ4v) is 3.04. The van der Waals surface area contributed by atoms with E-state index in [1.165, 1.54) is 0 Å². The van der Waals surface area contributed by atoms with E-state index in [1.54, 1.807) is 18.2 Å². The van der Waals surface area contributed by atoms with Crippen LogP contribution in [0.25, 0.3) is 10.9 Å². The van der Waals surface area contributed by atoms with Gasteiger partial charge in [-0.05, 0) is 36.2 Å². The van der Waals surface area contributed by atoms with Crippen LogP contribution in [0, 0.1) is 0 Å². The summed E-state index contributed by atoms with van der Waals surface area (Å²) >= 11 is 0. The topological polar surface area (TPSA) is 104 Å². The van der Waals surface area contributed by atoms with Crippen LogP contribution in [0.5, 0.6) is 0 Å².